The summed E-state index contributed by atoms with van der Waals surface area (Å²) >= 11 is 0. The fourth-order valence-corrected chi connectivity index (χ4v) is 2.18. The van der Waals surface area contributed by atoms with Gasteiger partial charge in [-0.2, -0.15) is 0 Å². The summed E-state index contributed by atoms with van der Waals surface area (Å²) in [7, 11) is 1.51. The zero-order valence-electron chi connectivity index (χ0n) is 12.3. The molecule has 1 aromatic carbocycles. The summed E-state index contributed by atoms with van der Waals surface area (Å²) < 4.78 is 5.38. The molecule has 4 nitrogen and oxygen atoms in total. The Hall–Kier alpha value is -2.62. The number of aryl methyl sites for hydroxylation is 2. The zero-order chi connectivity index (χ0) is 15.4. The normalized spacial score (nSPS) is 11.3. The average molecular weight is 283 g/mol. The highest BCUT2D eigenvalue weighted by Gasteiger charge is 2.15. The maximum Gasteiger partial charge on any atom is 0.338 e. The number of rotatable bonds is 4. The van der Waals surface area contributed by atoms with Gasteiger partial charge in [0.15, 0.2) is 0 Å². The first kappa shape index (κ1) is 14.8. The van der Waals surface area contributed by atoms with Crippen molar-refractivity contribution in [1.82, 2.24) is 4.98 Å². The van der Waals surface area contributed by atoms with Gasteiger partial charge in [0.05, 0.1) is 12.7 Å². The molecule has 0 aliphatic rings. The molecule has 108 valence electrons. The van der Waals surface area contributed by atoms with Crippen LogP contribution in [0.2, 0.25) is 0 Å². The van der Waals surface area contributed by atoms with E-state index in [1.165, 1.54) is 13.2 Å². The Balaban J connectivity index is 2.60. The topological polar surface area (TPSA) is 59.4 Å². The molecule has 1 heterocycles. The van der Waals surface area contributed by atoms with Gasteiger partial charge in [0.25, 0.3) is 0 Å². The molecular weight excluding hydrogens is 266 g/mol. The number of aromatic nitrogens is 1. The number of nitrogens with zero attached hydrogens (tertiary/aromatic N) is 1. The van der Waals surface area contributed by atoms with Crippen molar-refractivity contribution in [2.75, 3.05) is 7.11 Å². The molecule has 2 aromatic rings. The summed E-state index contributed by atoms with van der Waals surface area (Å²) in [5, 5.41) is 9.26. The predicted octanol–water partition coefficient (Wildman–Crippen LogP) is 3.54. The van der Waals surface area contributed by atoms with E-state index in [2.05, 4.69) is 4.98 Å². The fourth-order valence-electron chi connectivity index (χ4n) is 2.18. The lowest BCUT2D eigenvalue weighted by Gasteiger charge is -2.11. The second kappa shape index (κ2) is 6.22. The largest absolute Gasteiger partial charge is 0.494 e. The molecule has 1 N–H and O–H groups in total. The molecule has 0 aliphatic carbocycles. The van der Waals surface area contributed by atoms with Crippen molar-refractivity contribution in [1.29, 1.82) is 0 Å². The van der Waals surface area contributed by atoms with Gasteiger partial charge >= 0.3 is 5.97 Å². The minimum atomic E-state index is -1.03. The van der Waals surface area contributed by atoms with Crippen LogP contribution in [0.5, 0.6) is 0 Å². The lowest BCUT2D eigenvalue weighted by Crippen LogP contribution is -2.05. The summed E-state index contributed by atoms with van der Waals surface area (Å²) in [5.41, 5.74) is 3.65. The second-order valence-electron chi connectivity index (χ2n) is 4.72. The smallest absolute Gasteiger partial charge is 0.338 e. The third-order valence-electron chi connectivity index (χ3n) is 3.31. The summed E-state index contributed by atoms with van der Waals surface area (Å²) in [6, 6.07) is 9.10. The third-order valence-corrected chi connectivity index (χ3v) is 3.31. The molecule has 0 aliphatic heterocycles. The van der Waals surface area contributed by atoms with Crippen molar-refractivity contribution in [3.8, 4) is 0 Å². The predicted molar refractivity (Wildman–Crippen MR) is 82.0 cm³/mol. The van der Waals surface area contributed by atoms with Gasteiger partial charge in [0.2, 0.25) is 0 Å². The summed E-state index contributed by atoms with van der Waals surface area (Å²) in [5.74, 6) is -0.590. The lowest BCUT2D eigenvalue weighted by atomic mass is 10.0. The number of carboxylic acids is 1. The number of carbonyl (C=O) groups is 1. The minimum absolute atomic E-state index is 0.122. The Morgan fingerprint density at radius 2 is 1.86 bits per heavy atom. The van der Waals surface area contributed by atoms with E-state index in [-0.39, 0.29) is 5.56 Å². The molecule has 0 spiro atoms. The van der Waals surface area contributed by atoms with E-state index in [1.807, 2.05) is 38.1 Å². The number of hydrogen-bond acceptors (Lipinski definition) is 3. The van der Waals surface area contributed by atoms with Gasteiger partial charge in [-0.05, 0) is 48.7 Å². The highest BCUT2D eigenvalue weighted by molar-refractivity contribution is 5.94. The highest BCUT2D eigenvalue weighted by atomic mass is 16.5. The maximum absolute atomic E-state index is 11.3. The van der Waals surface area contributed by atoms with Crippen LogP contribution in [0.3, 0.4) is 0 Å². The van der Waals surface area contributed by atoms with Crippen LogP contribution in [0.25, 0.3) is 11.8 Å². The number of ether oxygens (including phenoxy) is 1. The van der Waals surface area contributed by atoms with Gasteiger partial charge in [-0.15, -0.1) is 0 Å². The van der Waals surface area contributed by atoms with Crippen molar-refractivity contribution in [2.45, 2.75) is 13.8 Å². The molecule has 0 atom stereocenters. The van der Waals surface area contributed by atoms with Gasteiger partial charge in [0, 0.05) is 6.20 Å². The zero-order valence-corrected chi connectivity index (χ0v) is 12.3. The standard InChI is InChI=1S/C17H17NO3/c1-11-6-4-7-12(2)14(11)10-15(21-3)16-13(17(19)20)8-5-9-18-16/h4-10H,1-3H3,(H,19,20)/b15-10-. The average Bonchev–Trinajstić information content (AvgIpc) is 2.47. The van der Waals surface area contributed by atoms with E-state index in [1.54, 1.807) is 12.3 Å². The van der Waals surface area contributed by atoms with Gasteiger partial charge < -0.3 is 9.84 Å². The van der Waals surface area contributed by atoms with Gasteiger partial charge in [-0.25, -0.2) is 4.79 Å². The van der Waals surface area contributed by atoms with E-state index in [0.717, 1.165) is 16.7 Å². The first-order valence-corrected chi connectivity index (χ1v) is 6.55. The molecule has 1 aromatic heterocycles. The molecule has 0 radical (unpaired) electrons. The SMILES string of the molecule is CO/C(=C\c1c(C)cccc1C)c1ncccc1C(=O)O. The quantitative estimate of drug-likeness (QED) is 0.872. The van der Waals surface area contributed by atoms with E-state index in [9.17, 15) is 9.90 Å². The van der Waals surface area contributed by atoms with E-state index < -0.39 is 5.97 Å². The van der Waals surface area contributed by atoms with Gasteiger partial charge in [-0.1, -0.05) is 18.2 Å². The van der Waals surface area contributed by atoms with Crippen molar-refractivity contribution in [3.05, 3.63) is 64.5 Å². The van der Waals surface area contributed by atoms with Crippen LogP contribution in [0.15, 0.2) is 36.5 Å². The molecule has 0 unspecified atom stereocenters. The van der Waals surface area contributed by atoms with E-state index >= 15 is 0 Å². The maximum atomic E-state index is 11.3. The van der Waals surface area contributed by atoms with Crippen molar-refractivity contribution < 1.29 is 14.6 Å². The molecule has 4 heteroatoms. The van der Waals surface area contributed by atoms with Crippen molar-refractivity contribution in [3.63, 3.8) is 0 Å². The van der Waals surface area contributed by atoms with Crippen LogP contribution in [-0.4, -0.2) is 23.2 Å². The molecule has 0 saturated carbocycles. The molecule has 2 rings (SSSR count). The van der Waals surface area contributed by atoms with E-state index in [0.29, 0.717) is 11.5 Å². The van der Waals surface area contributed by atoms with Crippen LogP contribution in [0, 0.1) is 13.8 Å². The van der Waals surface area contributed by atoms with Crippen LogP contribution in [0.1, 0.15) is 32.7 Å². The number of pyridine rings is 1. The Kier molecular flexibility index (Phi) is 4.38. The molecule has 0 saturated heterocycles. The number of hydrogen-bond donors (Lipinski definition) is 1. The summed E-state index contributed by atoms with van der Waals surface area (Å²) in [6.07, 6.45) is 3.39. The van der Waals surface area contributed by atoms with Crippen molar-refractivity contribution >= 4 is 17.8 Å². The fraction of sp³-hybridized carbons (Fsp3) is 0.176. The molecule has 0 bridgehead atoms. The monoisotopic (exact) mass is 283 g/mol. The second-order valence-corrected chi connectivity index (χ2v) is 4.72. The number of methoxy groups -OCH3 is 1. The highest BCUT2D eigenvalue weighted by Crippen LogP contribution is 2.24. The summed E-state index contributed by atoms with van der Waals surface area (Å²) in [4.78, 5) is 15.5. The molecular formula is C17H17NO3. The number of benzene rings is 1. The Morgan fingerprint density at radius 3 is 2.43 bits per heavy atom. The molecule has 0 amide bonds. The van der Waals surface area contributed by atoms with Crippen LogP contribution >= 0.6 is 0 Å². The lowest BCUT2D eigenvalue weighted by molar-refractivity contribution is 0.0695. The van der Waals surface area contributed by atoms with Crippen molar-refractivity contribution in [2.24, 2.45) is 0 Å². The Labute approximate surface area is 123 Å². The summed E-state index contributed by atoms with van der Waals surface area (Å²) in [6.45, 7) is 4.01. The third kappa shape index (κ3) is 3.11. The molecule has 0 fully saturated rings. The number of carboxylic acid groups (broad SMARTS) is 1. The molecule has 21 heavy (non-hydrogen) atoms. The van der Waals surface area contributed by atoms with Crippen LogP contribution < -0.4 is 0 Å². The van der Waals surface area contributed by atoms with Gasteiger partial charge in [0.1, 0.15) is 11.5 Å². The first-order chi connectivity index (χ1) is 10.0. The van der Waals surface area contributed by atoms with Crippen LogP contribution in [0.4, 0.5) is 0 Å². The van der Waals surface area contributed by atoms with Gasteiger partial charge in [-0.3, -0.25) is 4.98 Å². The van der Waals surface area contributed by atoms with Crippen LogP contribution in [-0.2, 0) is 4.74 Å². The van der Waals surface area contributed by atoms with E-state index in [4.69, 9.17) is 4.74 Å². The number of aromatic carboxylic acids is 1. The minimum Gasteiger partial charge on any atom is -0.494 e. The Bertz CT molecular complexity index is 685. The first-order valence-electron chi connectivity index (χ1n) is 6.55. The Morgan fingerprint density at radius 1 is 1.19 bits per heavy atom.